The Morgan fingerprint density at radius 3 is 3.04 bits per heavy atom. The summed E-state index contributed by atoms with van der Waals surface area (Å²) in [5, 5.41) is 11.0. The van der Waals surface area contributed by atoms with Crippen LogP contribution in [-0.2, 0) is 17.9 Å². The van der Waals surface area contributed by atoms with Gasteiger partial charge in [0, 0.05) is 18.0 Å². The number of nitrogens with one attached hydrogen (secondary N) is 1. The fourth-order valence-corrected chi connectivity index (χ4v) is 4.06. The van der Waals surface area contributed by atoms with Gasteiger partial charge in [0.15, 0.2) is 0 Å². The molecule has 0 fully saturated rings. The number of ether oxygens (including phenoxy) is 1. The van der Waals surface area contributed by atoms with Gasteiger partial charge in [-0.1, -0.05) is 6.08 Å². The number of aromatic amines is 1. The summed E-state index contributed by atoms with van der Waals surface area (Å²) in [6, 6.07) is 3.62. The van der Waals surface area contributed by atoms with E-state index in [1.807, 2.05) is 24.8 Å². The summed E-state index contributed by atoms with van der Waals surface area (Å²) in [6.07, 6.45) is 2.66. The molecule has 0 aliphatic carbocycles. The lowest BCUT2D eigenvalue weighted by molar-refractivity contribution is 0.00528. The molecule has 1 unspecified atom stereocenters. The normalized spacial score (nSPS) is 12.7. The third kappa shape index (κ3) is 4.96. The highest BCUT2D eigenvalue weighted by Gasteiger charge is 2.16. The number of aliphatic hydroxyl groups is 1. The molecule has 0 aromatic carbocycles. The summed E-state index contributed by atoms with van der Waals surface area (Å²) in [7, 11) is 0. The molecule has 0 radical (unpaired) electrons. The van der Waals surface area contributed by atoms with E-state index in [4.69, 9.17) is 9.15 Å². The molecule has 7 nitrogen and oxygen atoms in total. The molecule has 28 heavy (non-hydrogen) atoms. The molecule has 150 valence electrons. The van der Waals surface area contributed by atoms with E-state index in [0.717, 1.165) is 15.3 Å². The quantitative estimate of drug-likeness (QED) is 0.506. The lowest BCUT2D eigenvalue weighted by Gasteiger charge is -2.23. The molecular formula is C20H25N3O4S. The van der Waals surface area contributed by atoms with Crippen molar-refractivity contribution in [3.05, 3.63) is 63.4 Å². The summed E-state index contributed by atoms with van der Waals surface area (Å²) in [5.74, 6) is 1.29. The molecule has 0 aliphatic rings. The van der Waals surface area contributed by atoms with Crippen molar-refractivity contribution in [2.45, 2.75) is 33.1 Å². The first-order valence-electron chi connectivity index (χ1n) is 9.08. The van der Waals surface area contributed by atoms with Crippen molar-refractivity contribution in [1.82, 2.24) is 14.9 Å². The maximum absolute atomic E-state index is 12.4. The largest absolute Gasteiger partial charge is 0.467 e. The number of hydrogen-bond donors (Lipinski definition) is 2. The van der Waals surface area contributed by atoms with E-state index in [0.29, 0.717) is 43.2 Å². The van der Waals surface area contributed by atoms with Crippen molar-refractivity contribution < 1.29 is 14.3 Å². The molecule has 0 aliphatic heterocycles. The van der Waals surface area contributed by atoms with E-state index >= 15 is 0 Å². The number of aromatic nitrogens is 2. The first kappa shape index (κ1) is 20.5. The van der Waals surface area contributed by atoms with E-state index in [1.165, 1.54) is 11.3 Å². The summed E-state index contributed by atoms with van der Waals surface area (Å²) in [4.78, 5) is 23.7. The Bertz CT molecular complexity index is 977. The topological polar surface area (TPSA) is 91.6 Å². The molecule has 2 N–H and O–H groups in total. The van der Waals surface area contributed by atoms with Gasteiger partial charge in [-0.15, -0.1) is 17.9 Å². The lowest BCUT2D eigenvalue weighted by Crippen LogP contribution is -2.35. The Labute approximate surface area is 167 Å². The first-order valence-corrected chi connectivity index (χ1v) is 9.90. The van der Waals surface area contributed by atoms with Crippen LogP contribution in [0.1, 0.15) is 22.0 Å². The highest BCUT2D eigenvalue weighted by Crippen LogP contribution is 2.25. The van der Waals surface area contributed by atoms with Gasteiger partial charge in [0.1, 0.15) is 23.0 Å². The highest BCUT2D eigenvalue weighted by molar-refractivity contribution is 7.18. The number of H-pyrrole nitrogens is 1. The van der Waals surface area contributed by atoms with Crippen LogP contribution in [0, 0.1) is 13.8 Å². The molecule has 3 rings (SSSR count). The van der Waals surface area contributed by atoms with Gasteiger partial charge < -0.3 is 19.2 Å². The SMILES string of the molecule is C=CCN(Cc1nc2sc(C)c(C)c2c(=O)[nH]1)CC(O)COCc1ccco1. The standard InChI is InChI=1S/C20H25N3O4S/c1-4-7-23(9-15(24)11-26-12-16-6-5-8-27-16)10-17-21-19(25)18-13(2)14(3)28-20(18)22-17/h4-6,8,15,24H,1,7,9-12H2,2-3H3,(H,21,22,25). The van der Waals surface area contributed by atoms with Crippen LogP contribution < -0.4 is 5.56 Å². The van der Waals surface area contributed by atoms with Crippen LogP contribution in [0.3, 0.4) is 0 Å². The molecule has 0 bridgehead atoms. The second-order valence-electron chi connectivity index (χ2n) is 6.71. The second kappa shape index (κ2) is 9.29. The minimum absolute atomic E-state index is 0.122. The summed E-state index contributed by atoms with van der Waals surface area (Å²) < 4.78 is 10.7. The van der Waals surface area contributed by atoms with Crippen LogP contribution in [0.5, 0.6) is 0 Å². The predicted octanol–water partition coefficient (Wildman–Crippen LogP) is 2.76. The van der Waals surface area contributed by atoms with Gasteiger partial charge in [-0.3, -0.25) is 9.69 Å². The molecule has 0 amide bonds. The average Bonchev–Trinajstić information content (AvgIpc) is 3.24. The van der Waals surface area contributed by atoms with Crippen molar-refractivity contribution in [3.63, 3.8) is 0 Å². The summed E-state index contributed by atoms with van der Waals surface area (Å²) in [5.41, 5.74) is 0.857. The maximum atomic E-state index is 12.4. The highest BCUT2D eigenvalue weighted by atomic mass is 32.1. The first-order chi connectivity index (χ1) is 13.5. The number of rotatable bonds is 10. The smallest absolute Gasteiger partial charge is 0.259 e. The Morgan fingerprint density at radius 2 is 2.32 bits per heavy atom. The molecule has 0 saturated heterocycles. The Morgan fingerprint density at radius 1 is 1.50 bits per heavy atom. The van der Waals surface area contributed by atoms with Gasteiger partial charge in [0.25, 0.3) is 5.56 Å². The van der Waals surface area contributed by atoms with Crippen molar-refractivity contribution in [3.8, 4) is 0 Å². The summed E-state index contributed by atoms with van der Waals surface area (Å²) >= 11 is 1.52. The Kier molecular flexibility index (Phi) is 6.79. The van der Waals surface area contributed by atoms with Gasteiger partial charge in [0.05, 0.1) is 30.9 Å². The Hall–Kier alpha value is -2.26. The number of fused-ring (bicyclic) bond motifs is 1. The van der Waals surface area contributed by atoms with Crippen molar-refractivity contribution in [2.24, 2.45) is 0 Å². The summed E-state index contributed by atoms with van der Waals surface area (Å²) in [6.45, 7) is 9.52. The van der Waals surface area contributed by atoms with Crippen LogP contribution in [0.15, 0.2) is 40.3 Å². The number of aliphatic hydroxyl groups excluding tert-OH is 1. The zero-order chi connectivity index (χ0) is 20.1. The van der Waals surface area contributed by atoms with Gasteiger partial charge in [0.2, 0.25) is 0 Å². The van der Waals surface area contributed by atoms with E-state index in [-0.39, 0.29) is 12.2 Å². The average molecular weight is 404 g/mol. The minimum atomic E-state index is -0.684. The third-order valence-corrected chi connectivity index (χ3v) is 5.55. The van der Waals surface area contributed by atoms with E-state index in [1.54, 1.807) is 18.4 Å². The van der Waals surface area contributed by atoms with E-state index < -0.39 is 6.10 Å². The fourth-order valence-electron chi connectivity index (χ4n) is 3.01. The minimum Gasteiger partial charge on any atom is -0.467 e. The Balaban J connectivity index is 1.63. The molecule has 3 aromatic rings. The third-order valence-electron chi connectivity index (χ3n) is 4.45. The van der Waals surface area contributed by atoms with Crippen LogP contribution in [0.4, 0.5) is 0 Å². The van der Waals surface area contributed by atoms with Crippen molar-refractivity contribution in [1.29, 1.82) is 0 Å². The van der Waals surface area contributed by atoms with Gasteiger partial charge in [-0.25, -0.2) is 4.98 Å². The number of thiophene rings is 1. The van der Waals surface area contributed by atoms with Gasteiger partial charge in [-0.05, 0) is 31.5 Å². The lowest BCUT2D eigenvalue weighted by atomic mass is 10.2. The predicted molar refractivity (Wildman–Crippen MR) is 110 cm³/mol. The second-order valence-corrected chi connectivity index (χ2v) is 7.91. The molecule has 8 heteroatoms. The zero-order valence-corrected chi connectivity index (χ0v) is 16.9. The zero-order valence-electron chi connectivity index (χ0n) is 16.1. The molecule has 1 atom stereocenters. The van der Waals surface area contributed by atoms with Crippen LogP contribution >= 0.6 is 11.3 Å². The molecular weight excluding hydrogens is 378 g/mol. The van der Waals surface area contributed by atoms with Crippen LogP contribution in [0.2, 0.25) is 0 Å². The van der Waals surface area contributed by atoms with E-state index in [2.05, 4.69) is 16.5 Å². The molecule has 0 saturated carbocycles. The fraction of sp³-hybridized carbons (Fsp3) is 0.400. The monoisotopic (exact) mass is 403 g/mol. The van der Waals surface area contributed by atoms with Crippen LogP contribution in [0.25, 0.3) is 10.2 Å². The molecule has 3 aromatic heterocycles. The van der Waals surface area contributed by atoms with Crippen LogP contribution in [-0.4, -0.2) is 45.8 Å². The van der Waals surface area contributed by atoms with Gasteiger partial charge in [-0.2, -0.15) is 0 Å². The number of furan rings is 1. The van der Waals surface area contributed by atoms with Crippen molar-refractivity contribution in [2.75, 3.05) is 19.7 Å². The number of hydrogen-bond acceptors (Lipinski definition) is 7. The number of nitrogens with zero attached hydrogens (tertiary/aromatic N) is 2. The molecule has 0 spiro atoms. The molecule has 3 heterocycles. The van der Waals surface area contributed by atoms with Crippen molar-refractivity contribution >= 4 is 21.6 Å². The number of aryl methyl sites for hydroxylation is 2. The maximum Gasteiger partial charge on any atom is 0.259 e. The van der Waals surface area contributed by atoms with Gasteiger partial charge >= 0.3 is 0 Å². The van der Waals surface area contributed by atoms with E-state index in [9.17, 15) is 9.90 Å².